The maximum atomic E-state index is 12.1. The molecule has 0 saturated carbocycles. The van der Waals surface area contributed by atoms with Gasteiger partial charge in [0.05, 0.1) is 12.0 Å². The SMILES string of the molecule is NC(N)=NCCCC(N)C(=O)CC(Cc1ccc(O)cc1)C(=O)O.O=S(=O)(O)O. The Kier molecular flexibility index (Phi) is 11.5. The number of hydrogen-bond donors (Lipinski definition) is 7. The Balaban J connectivity index is 0.00000139. The van der Waals surface area contributed by atoms with Gasteiger partial charge in [-0.15, -0.1) is 0 Å². The van der Waals surface area contributed by atoms with E-state index in [9.17, 15) is 19.8 Å². The molecule has 2 atom stereocenters. The molecule has 0 saturated heterocycles. The molecule has 10 N–H and O–H groups in total. The molecule has 0 heterocycles. The summed E-state index contributed by atoms with van der Waals surface area (Å²) in [4.78, 5) is 27.3. The van der Waals surface area contributed by atoms with Gasteiger partial charge in [-0.05, 0) is 37.0 Å². The minimum Gasteiger partial charge on any atom is -0.508 e. The van der Waals surface area contributed by atoms with E-state index in [0.29, 0.717) is 19.4 Å². The Morgan fingerprint density at radius 2 is 1.62 bits per heavy atom. The van der Waals surface area contributed by atoms with Crippen molar-refractivity contribution in [3.05, 3.63) is 29.8 Å². The molecule has 2 unspecified atom stereocenters. The van der Waals surface area contributed by atoms with E-state index < -0.39 is 28.3 Å². The number of aromatic hydroxyl groups is 1. The lowest BCUT2D eigenvalue weighted by atomic mass is 9.91. The number of phenolic OH excluding ortho intramolecular Hbond substituents is 1. The van der Waals surface area contributed by atoms with E-state index in [1.54, 1.807) is 12.1 Å². The number of carbonyl (C=O) groups is 2. The molecule has 164 valence electrons. The number of ketones is 1. The van der Waals surface area contributed by atoms with Gasteiger partial charge in [-0.25, -0.2) is 0 Å². The molecule has 12 nitrogen and oxygen atoms in total. The number of guanidine groups is 1. The highest BCUT2D eigenvalue weighted by atomic mass is 32.3. The maximum Gasteiger partial charge on any atom is 0.394 e. The van der Waals surface area contributed by atoms with Crippen molar-refractivity contribution in [3.63, 3.8) is 0 Å². The fraction of sp³-hybridized carbons (Fsp3) is 0.438. The molecule has 0 aliphatic rings. The van der Waals surface area contributed by atoms with Crippen molar-refractivity contribution in [3.8, 4) is 5.75 Å². The lowest BCUT2D eigenvalue weighted by Gasteiger charge is -2.15. The quantitative estimate of drug-likeness (QED) is 0.105. The standard InChI is InChI=1S/C16H24N4O4.H2O4S/c17-13(2-1-7-20-16(18)19)14(22)9-11(15(23)24)8-10-3-5-12(21)6-4-10;1-5(2,3)4/h3-6,11,13,21H,1-2,7-9,17H2,(H,23,24)(H4,18,19,20);(H2,1,2,3,4). The van der Waals surface area contributed by atoms with Crippen LogP contribution in [0.2, 0.25) is 0 Å². The van der Waals surface area contributed by atoms with Gasteiger partial charge in [0.1, 0.15) is 11.5 Å². The Bertz CT molecular complexity index is 784. The zero-order chi connectivity index (χ0) is 22.6. The number of aliphatic carboxylic acids is 1. The predicted molar refractivity (Wildman–Crippen MR) is 105 cm³/mol. The molecule has 0 aromatic heterocycles. The molecule has 0 amide bonds. The minimum atomic E-state index is -4.67. The number of Topliss-reactive ketones (excluding diaryl/α,β-unsaturated/α-hetero) is 1. The lowest BCUT2D eigenvalue weighted by Crippen LogP contribution is -2.34. The van der Waals surface area contributed by atoms with Gasteiger partial charge in [0.15, 0.2) is 5.96 Å². The van der Waals surface area contributed by atoms with Crippen LogP contribution in [0.3, 0.4) is 0 Å². The number of carboxylic acids is 1. The van der Waals surface area contributed by atoms with Gasteiger partial charge in [0.25, 0.3) is 0 Å². The Labute approximate surface area is 168 Å². The van der Waals surface area contributed by atoms with Gasteiger partial charge in [-0.2, -0.15) is 8.42 Å². The van der Waals surface area contributed by atoms with Crippen molar-refractivity contribution in [2.24, 2.45) is 28.1 Å². The van der Waals surface area contributed by atoms with E-state index in [2.05, 4.69) is 4.99 Å². The molecule has 1 rings (SSSR count). The second kappa shape index (κ2) is 12.7. The van der Waals surface area contributed by atoms with Gasteiger partial charge < -0.3 is 27.4 Å². The highest BCUT2D eigenvalue weighted by Crippen LogP contribution is 2.17. The summed E-state index contributed by atoms with van der Waals surface area (Å²) in [6.07, 6.45) is 0.989. The highest BCUT2D eigenvalue weighted by molar-refractivity contribution is 7.79. The molecule has 1 aromatic rings. The summed E-state index contributed by atoms with van der Waals surface area (Å²) in [5.74, 6) is -2.12. The number of aliphatic imine (C=N–C) groups is 1. The lowest BCUT2D eigenvalue weighted by molar-refractivity contribution is -0.143. The molecule has 0 aliphatic heterocycles. The first kappa shape index (κ1) is 26.3. The largest absolute Gasteiger partial charge is 0.508 e. The van der Waals surface area contributed by atoms with Crippen LogP contribution in [0.5, 0.6) is 5.75 Å². The first-order chi connectivity index (χ1) is 13.3. The van der Waals surface area contributed by atoms with Gasteiger partial charge >= 0.3 is 16.4 Å². The van der Waals surface area contributed by atoms with Crippen LogP contribution in [0.25, 0.3) is 0 Å². The number of nitrogens with two attached hydrogens (primary N) is 3. The molecule has 0 radical (unpaired) electrons. The topological polar surface area (TPSA) is 240 Å². The molecule has 0 bridgehead atoms. The first-order valence-corrected chi connectivity index (χ1v) is 9.73. The van der Waals surface area contributed by atoms with Crippen LogP contribution in [-0.4, -0.2) is 58.0 Å². The number of carbonyl (C=O) groups excluding carboxylic acids is 1. The number of benzene rings is 1. The monoisotopic (exact) mass is 434 g/mol. The van der Waals surface area contributed by atoms with Gasteiger partial charge in [-0.1, -0.05) is 12.1 Å². The average molecular weight is 434 g/mol. The molecule has 0 spiro atoms. The summed E-state index contributed by atoms with van der Waals surface area (Å²) in [5.41, 5.74) is 16.9. The smallest absolute Gasteiger partial charge is 0.394 e. The molecule has 0 aliphatic carbocycles. The van der Waals surface area contributed by atoms with Crippen molar-refractivity contribution in [2.45, 2.75) is 31.7 Å². The third-order valence-corrected chi connectivity index (χ3v) is 3.60. The van der Waals surface area contributed by atoms with Crippen molar-refractivity contribution in [2.75, 3.05) is 6.54 Å². The van der Waals surface area contributed by atoms with Crippen LogP contribution < -0.4 is 17.2 Å². The summed E-state index contributed by atoms with van der Waals surface area (Å²) in [5, 5.41) is 18.6. The van der Waals surface area contributed by atoms with E-state index in [1.165, 1.54) is 12.1 Å². The molecular formula is C16H26N4O8S. The van der Waals surface area contributed by atoms with E-state index in [-0.39, 0.29) is 30.3 Å². The fourth-order valence-electron chi connectivity index (χ4n) is 2.24. The third kappa shape index (κ3) is 14.9. The molecule has 1 aromatic carbocycles. The number of rotatable bonds is 10. The van der Waals surface area contributed by atoms with Crippen LogP contribution in [0.1, 0.15) is 24.8 Å². The summed E-state index contributed by atoms with van der Waals surface area (Å²) in [7, 11) is -4.67. The summed E-state index contributed by atoms with van der Waals surface area (Å²) < 4.78 is 31.6. The molecule has 29 heavy (non-hydrogen) atoms. The normalized spacial score (nSPS) is 12.8. The summed E-state index contributed by atoms with van der Waals surface area (Å²) in [6, 6.07) is 5.48. The summed E-state index contributed by atoms with van der Waals surface area (Å²) in [6.45, 7) is 0.374. The Morgan fingerprint density at radius 1 is 1.10 bits per heavy atom. The number of carboxylic acid groups (broad SMARTS) is 1. The average Bonchev–Trinajstić information content (AvgIpc) is 2.58. The van der Waals surface area contributed by atoms with Crippen LogP contribution in [0, 0.1) is 5.92 Å². The molecule has 0 fully saturated rings. The maximum absolute atomic E-state index is 12.1. The third-order valence-electron chi connectivity index (χ3n) is 3.60. The highest BCUT2D eigenvalue weighted by Gasteiger charge is 2.24. The zero-order valence-corrected chi connectivity index (χ0v) is 16.3. The van der Waals surface area contributed by atoms with E-state index >= 15 is 0 Å². The van der Waals surface area contributed by atoms with Gasteiger partial charge in [-0.3, -0.25) is 23.7 Å². The first-order valence-electron chi connectivity index (χ1n) is 8.34. The van der Waals surface area contributed by atoms with Crippen molar-refractivity contribution in [1.82, 2.24) is 0 Å². The molecular weight excluding hydrogens is 408 g/mol. The number of nitrogens with zero attached hydrogens (tertiary/aromatic N) is 1. The van der Waals surface area contributed by atoms with E-state index in [4.69, 9.17) is 34.7 Å². The zero-order valence-electron chi connectivity index (χ0n) is 15.5. The second-order valence-electron chi connectivity index (χ2n) is 6.08. The Morgan fingerprint density at radius 3 is 2.07 bits per heavy atom. The molecule has 13 heteroatoms. The van der Waals surface area contributed by atoms with Gasteiger partial charge in [0.2, 0.25) is 0 Å². The van der Waals surface area contributed by atoms with Crippen LogP contribution >= 0.6 is 0 Å². The summed E-state index contributed by atoms with van der Waals surface area (Å²) >= 11 is 0. The minimum absolute atomic E-state index is 0.0188. The van der Waals surface area contributed by atoms with Crippen molar-refractivity contribution < 1.29 is 37.3 Å². The number of hydrogen-bond acceptors (Lipinski definition) is 7. The number of phenols is 1. The fourth-order valence-corrected chi connectivity index (χ4v) is 2.24. The van der Waals surface area contributed by atoms with Crippen LogP contribution in [-0.2, 0) is 26.4 Å². The van der Waals surface area contributed by atoms with Gasteiger partial charge in [0, 0.05) is 13.0 Å². The van der Waals surface area contributed by atoms with Crippen LogP contribution in [0.15, 0.2) is 29.3 Å². The van der Waals surface area contributed by atoms with E-state index in [1.807, 2.05) is 0 Å². The second-order valence-corrected chi connectivity index (χ2v) is 6.97. The predicted octanol–water partition coefficient (Wildman–Crippen LogP) is -0.677. The van der Waals surface area contributed by atoms with Crippen molar-refractivity contribution >= 4 is 28.1 Å². The van der Waals surface area contributed by atoms with E-state index in [0.717, 1.165) is 5.56 Å². The Hall–Kier alpha value is -2.74. The van der Waals surface area contributed by atoms with Crippen molar-refractivity contribution in [1.29, 1.82) is 0 Å². The van der Waals surface area contributed by atoms with Crippen LogP contribution in [0.4, 0.5) is 0 Å².